The highest BCUT2D eigenvalue weighted by molar-refractivity contribution is 7.16. The van der Waals surface area contributed by atoms with Crippen LogP contribution in [0.1, 0.15) is 32.6 Å². The first kappa shape index (κ1) is 16.1. The lowest BCUT2D eigenvalue weighted by Crippen LogP contribution is -2.52. The minimum Gasteiger partial charge on any atom is -0.466 e. The van der Waals surface area contributed by atoms with Crippen molar-refractivity contribution in [2.24, 2.45) is 17.8 Å². The zero-order valence-electron chi connectivity index (χ0n) is 13.5. The summed E-state index contributed by atoms with van der Waals surface area (Å²) < 4.78 is 5.36. The molecule has 0 amide bonds. The van der Waals surface area contributed by atoms with E-state index < -0.39 is 0 Å². The molecule has 5 rings (SSSR count). The maximum atomic E-state index is 12.6. The molecular formula is C17H20ClN3O2S. The Bertz CT molecular complexity index is 757. The first-order valence-corrected chi connectivity index (χ1v) is 9.77. The fourth-order valence-corrected chi connectivity index (χ4v) is 5.32. The van der Waals surface area contributed by atoms with Gasteiger partial charge in [-0.25, -0.2) is 9.97 Å². The molecule has 2 aromatic heterocycles. The first-order valence-electron chi connectivity index (χ1n) is 8.51. The van der Waals surface area contributed by atoms with Gasteiger partial charge in [-0.05, 0) is 67.5 Å². The summed E-state index contributed by atoms with van der Waals surface area (Å²) in [5.41, 5.74) is 0. The van der Waals surface area contributed by atoms with Crippen molar-refractivity contribution in [1.29, 1.82) is 0 Å². The van der Waals surface area contributed by atoms with Crippen molar-refractivity contribution in [2.75, 3.05) is 11.9 Å². The Labute approximate surface area is 149 Å². The van der Waals surface area contributed by atoms with Gasteiger partial charge in [0.1, 0.15) is 10.6 Å². The maximum Gasteiger partial charge on any atom is 0.311 e. The quantitative estimate of drug-likeness (QED) is 0.652. The van der Waals surface area contributed by atoms with Crippen LogP contribution < -0.4 is 5.32 Å². The molecule has 3 aliphatic rings. The van der Waals surface area contributed by atoms with Crippen molar-refractivity contribution in [3.63, 3.8) is 0 Å². The van der Waals surface area contributed by atoms with E-state index in [0.717, 1.165) is 41.7 Å². The second-order valence-electron chi connectivity index (χ2n) is 6.60. The third-order valence-electron chi connectivity index (χ3n) is 5.38. The molecule has 3 fully saturated rings. The molecule has 2 bridgehead atoms. The fraction of sp³-hybridized carbons (Fsp3) is 0.588. The third-order valence-corrected chi connectivity index (χ3v) is 6.35. The van der Waals surface area contributed by atoms with Crippen molar-refractivity contribution >= 4 is 44.9 Å². The van der Waals surface area contributed by atoms with Crippen LogP contribution in [0.15, 0.2) is 11.4 Å². The molecule has 7 heteroatoms. The van der Waals surface area contributed by atoms with Crippen LogP contribution >= 0.6 is 22.9 Å². The molecule has 0 saturated heterocycles. The summed E-state index contributed by atoms with van der Waals surface area (Å²) in [7, 11) is 0. The second-order valence-corrected chi connectivity index (χ2v) is 7.84. The number of anilines is 1. The van der Waals surface area contributed by atoms with Crippen molar-refractivity contribution < 1.29 is 9.53 Å². The van der Waals surface area contributed by atoms with E-state index in [9.17, 15) is 4.79 Å². The fourth-order valence-electron chi connectivity index (χ4n) is 4.33. The van der Waals surface area contributed by atoms with Crippen LogP contribution in [0.2, 0.25) is 5.28 Å². The summed E-state index contributed by atoms with van der Waals surface area (Å²) in [4.78, 5) is 22.1. The average Bonchev–Trinajstić information content (AvgIpc) is 3.04. The number of aromatic nitrogens is 2. The number of hydrogen-bond donors (Lipinski definition) is 1. The Morgan fingerprint density at radius 2 is 2.08 bits per heavy atom. The van der Waals surface area contributed by atoms with Gasteiger partial charge in [-0.15, -0.1) is 11.3 Å². The Hall–Kier alpha value is -1.40. The maximum absolute atomic E-state index is 12.6. The van der Waals surface area contributed by atoms with Gasteiger partial charge in [-0.2, -0.15) is 0 Å². The highest BCUT2D eigenvalue weighted by Crippen LogP contribution is 2.47. The van der Waals surface area contributed by atoms with Crippen LogP contribution in [0.4, 0.5) is 5.82 Å². The molecule has 24 heavy (non-hydrogen) atoms. The number of hydrogen-bond acceptors (Lipinski definition) is 6. The van der Waals surface area contributed by atoms with Crippen LogP contribution in [-0.4, -0.2) is 28.6 Å². The van der Waals surface area contributed by atoms with Gasteiger partial charge < -0.3 is 10.1 Å². The predicted molar refractivity (Wildman–Crippen MR) is 95.4 cm³/mol. The van der Waals surface area contributed by atoms with Crippen molar-refractivity contribution in [3.8, 4) is 0 Å². The van der Waals surface area contributed by atoms with E-state index in [1.807, 2.05) is 18.4 Å². The number of rotatable bonds is 4. The summed E-state index contributed by atoms with van der Waals surface area (Å²) in [5.74, 6) is 1.44. The summed E-state index contributed by atoms with van der Waals surface area (Å²) >= 11 is 7.62. The third kappa shape index (κ3) is 2.75. The van der Waals surface area contributed by atoms with Crippen LogP contribution in [0, 0.1) is 17.8 Å². The number of nitrogens with zero attached hydrogens (tertiary/aromatic N) is 2. The molecule has 0 unspecified atom stereocenters. The molecule has 0 aliphatic heterocycles. The number of carbonyl (C=O) groups excluding carboxylic acids is 1. The Morgan fingerprint density at radius 1 is 1.33 bits per heavy atom. The summed E-state index contributed by atoms with van der Waals surface area (Å²) in [6, 6.07) is 2.06. The van der Waals surface area contributed by atoms with Gasteiger partial charge in [0.25, 0.3) is 0 Å². The van der Waals surface area contributed by atoms with Crippen LogP contribution in [0.3, 0.4) is 0 Å². The van der Waals surface area contributed by atoms with Crippen molar-refractivity contribution in [1.82, 2.24) is 9.97 Å². The van der Waals surface area contributed by atoms with E-state index in [0.29, 0.717) is 18.4 Å². The SMILES string of the molecule is CCOC(=O)[C@@H]1C2CCC(CC2)[C@H]1Nc1nc(Cl)nc2sccc12. The smallest absolute Gasteiger partial charge is 0.311 e. The van der Waals surface area contributed by atoms with Gasteiger partial charge in [-0.3, -0.25) is 4.79 Å². The molecule has 0 radical (unpaired) electrons. The first-order chi connectivity index (χ1) is 11.7. The van der Waals surface area contributed by atoms with Gasteiger partial charge in [0, 0.05) is 6.04 Å². The van der Waals surface area contributed by atoms with E-state index >= 15 is 0 Å². The second kappa shape index (κ2) is 6.48. The van der Waals surface area contributed by atoms with Crippen LogP contribution in [0.25, 0.3) is 10.2 Å². The molecule has 5 nitrogen and oxygen atoms in total. The lowest BCUT2D eigenvalue weighted by atomic mass is 9.61. The molecule has 3 aliphatic carbocycles. The molecule has 2 heterocycles. The Balaban J connectivity index is 1.67. The highest BCUT2D eigenvalue weighted by atomic mass is 35.5. The number of fused-ring (bicyclic) bond motifs is 4. The van der Waals surface area contributed by atoms with Gasteiger partial charge >= 0.3 is 5.97 Å². The molecule has 0 spiro atoms. The molecule has 1 N–H and O–H groups in total. The zero-order valence-corrected chi connectivity index (χ0v) is 15.1. The number of thiophene rings is 1. The number of ether oxygens (including phenoxy) is 1. The number of esters is 1. The number of nitrogens with one attached hydrogen (secondary N) is 1. The van der Waals surface area contributed by atoms with Crippen LogP contribution in [-0.2, 0) is 9.53 Å². The van der Waals surface area contributed by atoms with E-state index in [1.54, 1.807) is 11.3 Å². The van der Waals surface area contributed by atoms with Crippen LogP contribution in [0.5, 0.6) is 0 Å². The van der Waals surface area contributed by atoms with E-state index in [-0.39, 0.29) is 23.2 Å². The molecular weight excluding hydrogens is 346 g/mol. The topological polar surface area (TPSA) is 64.1 Å². The summed E-state index contributed by atoms with van der Waals surface area (Å²) in [6.45, 7) is 2.29. The predicted octanol–water partition coefficient (Wildman–Crippen LogP) is 4.12. The lowest BCUT2D eigenvalue weighted by Gasteiger charge is -2.47. The van der Waals surface area contributed by atoms with E-state index in [4.69, 9.17) is 16.3 Å². The van der Waals surface area contributed by atoms with E-state index in [2.05, 4.69) is 15.3 Å². The van der Waals surface area contributed by atoms with Gasteiger partial charge in [0.15, 0.2) is 0 Å². The lowest BCUT2D eigenvalue weighted by molar-refractivity contribution is -0.154. The minimum absolute atomic E-state index is 0.0608. The molecule has 128 valence electrons. The standard InChI is InChI=1S/C17H20ClN3O2S/c1-2-23-16(22)12-9-3-5-10(6-4-9)13(12)19-14-11-7-8-24-15(11)21-17(18)20-14/h7-10,12-13H,2-6H2,1H3,(H,19,20,21)/t9?,10?,12-,13-/m1/s1. The van der Waals surface area contributed by atoms with Crippen molar-refractivity contribution in [3.05, 3.63) is 16.7 Å². The molecule has 0 aromatic carbocycles. The Kier molecular flexibility index (Phi) is 4.35. The molecule has 2 atom stereocenters. The average molecular weight is 366 g/mol. The normalized spacial score (nSPS) is 28.9. The van der Waals surface area contributed by atoms with Gasteiger partial charge in [-0.1, -0.05) is 0 Å². The van der Waals surface area contributed by atoms with Crippen molar-refractivity contribution in [2.45, 2.75) is 38.6 Å². The van der Waals surface area contributed by atoms with E-state index in [1.165, 1.54) is 0 Å². The highest BCUT2D eigenvalue weighted by Gasteiger charge is 2.48. The Morgan fingerprint density at radius 3 is 2.83 bits per heavy atom. The summed E-state index contributed by atoms with van der Waals surface area (Å²) in [5, 5.41) is 6.73. The minimum atomic E-state index is -0.0973. The molecule has 2 aromatic rings. The number of halogens is 1. The van der Waals surface area contributed by atoms with Gasteiger partial charge in [0.05, 0.1) is 17.9 Å². The summed E-state index contributed by atoms with van der Waals surface area (Å²) in [6.07, 6.45) is 4.54. The number of carbonyl (C=O) groups is 1. The van der Waals surface area contributed by atoms with Gasteiger partial charge in [0.2, 0.25) is 5.28 Å². The zero-order chi connectivity index (χ0) is 16.7. The monoisotopic (exact) mass is 365 g/mol. The largest absolute Gasteiger partial charge is 0.466 e. The molecule has 3 saturated carbocycles.